The van der Waals surface area contributed by atoms with Gasteiger partial charge in [-0.3, -0.25) is 4.98 Å². The van der Waals surface area contributed by atoms with Crippen molar-refractivity contribution in [1.82, 2.24) is 9.97 Å². The number of hydrogen-bond donors (Lipinski definition) is 0. The van der Waals surface area contributed by atoms with Gasteiger partial charge in [-0.15, -0.1) is 11.3 Å². The van der Waals surface area contributed by atoms with E-state index in [0.717, 1.165) is 10.6 Å². The number of aromatic nitrogens is 2. The first kappa shape index (κ1) is 9.86. The van der Waals surface area contributed by atoms with Gasteiger partial charge >= 0.3 is 0 Å². The molecule has 0 aliphatic heterocycles. The summed E-state index contributed by atoms with van der Waals surface area (Å²) in [6.07, 6.45) is 5.38. The summed E-state index contributed by atoms with van der Waals surface area (Å²) in [5.74, 6) is 0. The fourth-order valence-corrected chi connectivity index (χ4v) is 1.48. The van der Waals surface area contributed by atoms with Gasteiger partial charge in [0.25, 0.3) is 0 Å². The van der Waals surface area contributed by atoms with Crippen molar-refractivity contribution < 1.29 is 0 Å². The molecule has 2 heterocycles. The molecular weight excluding hydrogens is 180 g/mol. The van der Waals surface area contributed by atoms with Crippen LogP contribution in [0.5, 0.6) is 0 Å². The van der Waals surface area contributed by atoms with Gasteiger partial charge in [0, 0.05) is 29.5 Å². The number of rotatable bonds is 1. The van der Waals surface area contributed by atoms with E-state index < -0.39 is 0 Å². The van der Waals surface area contributed by atoms with Crippen molar-refractivity contribution in [1.29, 1.82) is 0 Å². The lowest BCUT2D eigenvalue weighted by molar-refractivity contribution is 1.31. The molecule has 2 nitrogen and oxygen atoms in total. The summed E-state index contributed by atoms with van der Waals surface area (Å²) in [7, 11) is 0. The molecule has 0 aliphatic rings. The van der Waals surface area contributed by atoms with E-state index in [1.807, 2.05) is 37.6 Å². The van der Waals surface area contributed by atoms with Crippen LogP contribution in [-0.2, 0) is 0 Å². The number of thiazole rings is 1. The van der Waals surface area contributed by atoms with Crippen LogP contribution in [0, 0.1) is 0 Å². The summed E-state index contributed by atoms with van der Waals surface area (Å²) < 4.78 is 0. The smallest absolute Gasteiger partial charge is 0.124 e. The van der Waals surface area contributed by atoms with Gasteiger partial charge < -0.3 is 0 Å². The van der Waals surface area contributed by atoms with Gasteiger partial charge in [0.2, 0.25) is 0 Å². The van der Waals surface area contributed by atoms with Crippen LogP contribution in [0.4, 0.5) is 0 Å². The van der Waals surface area contributed by atoms with Crippen LogP contribution < -0.4 is 0 Å². The zero-order valence-electron chi connectivity index (χ0n) is 7.77. The molecule has 13 heavy (non-hydrogen) atoms. The van der Waals surface area contributed by atoms with Crippen LogP contribution in [0.1, 0.15) is 13.8 Å². The molecule has 0 bridgehead atoms. The molecule has 0 saturated carbocycles. The topological polar surface area (TPSA) is 25.8 Å². The lowest BCUT2D eigenvalue weighted by atomic mass is 10.3. The minimum absolute atomic E-state index is 1.03. The molecule has 0 spiro atoms. The molecule has 0 fully saturated rings. The third-order valence-electron chi connectivity index (χ3n) is 1.34. The summed E-state index contributed by atoms with van der Waals surface area (Å²) in [6, 6.07) is 3.92. The molecule has 2 rings (SSSR count). The maximum atomic E-state index is 4.16. The predicted octanol–water partition coefficient (Wildman–Crippen LogP) is 3.23. The molecule has 2 aromatic rings. The van der Waals surface area contributed by atoms with Crippen LogP contribution in [0.15, 0.2) is 36.1 Å². The summed E-state index contributed by atoms with van der Waals surface area (Å²) >= 11 is 1.62. The molecule has 0 aromatic carbocycles. The molecule has 3 heteroatoms. The maximum Gasteiger partial charge on any atom is 0.124 e. The maximum absolute atomic E-state index is 4.16. The van der Waals surface area contributed by atoms with Crippen molar-refractivity contribution in [3.8, 4) is 10.6 Å². The van der Waals surface area contributed by atoms with Crippen molar-refractivity contribution in [3.05, 3.63) is 36.1 Å². The van der Waals surface area contributed by atoms with Gasteiger partial charge in [0.15, 0.2) is 0 Å². The largest absolute Gasteiger partial charge is 0.264 e. The average Bonchev–Trinajstić information content (AvgIpc) is 2.75. The lowest BCUT2D eigenvalue weighted by Gasteiger charge is -1.91. The third kappa shape index (κ3) is 2.63. The SMILES string of the molecule is CC.c1cncc(-c2nccs2)c1. The summed E-state index contributed by atoms with van der Waals surface area (Å²) in [5.41, 5.74) is 1.09. The second kappa shape index (κ2) is 5.43. The first-order chi connectivity index (χ1) is 6.47. The molecule has 0 saturated heterocycles. The van der Waals surface area contributed by atoms with Crippen LogP contribution in [0.2, 0.25) is 0 Å². The fourth-order valence-electron chi connectivity index (χ4n) is 0.855. The molecule has 0 atom stereocenters. The van der Waals surface area contributed by atoms with Gasteiger partial charge in [0.1, 0.15) is 5.01 Å². The zero-order chi connectivity index (χ0) is 9.52. The standard InChI is InChI=1S/C8H6N2S.C2H6/c1-2-7(6-9-3-1)8-10-4-5-11-8;1-2/h1-6H;1-2H3. The van der Waals surface area contributed by atoms with Crippen molar-refractivity contribution in [2.45, 2.75) is 13.8 Å². The monoisotopic (exact) mass is 192 g/mol. The Kier molecular flexibility index (Phi) is 4.12. The summed E-state index contributed by atoms with van der Waals surface area (Å²) in [4.78, 5) is 8.17. The molecule has 0 radical (unpaired) electrons. The van der Waals surface area contributed by atoms with Gasteiger partial charge in [-0.05, 0) is 12.1 Å². The van der Waals surface area contributed by atoms with Gasteiger partial charge in [-0.2, -0.15) is 0 Å². The molecule has 0 unspecified atom stereocenters. The third-order valence-corrected chi connectivity index (χ3v) is 2.16. The molecule has 0 aliphatic carbocycles. The second-order valence-electron chi connectivity index (χ2n) is 2.08. The van der Waals surface area contributed by atoms with E-state index >= 15 is 0 Å². The quantitative estimate of drug-likeness (QED) is 0.693. The van der Waals surface area contributed by atoms with Crippen LogP contribution in [0.3, 0.4) is 0 Å². The Hall–Kier alpha value is -1.22. The fraction of sp³-hybridized carbons (Fsp3) is 0.200. The first-order valence-corrected chi connectivity index (χ1v) is 5.15. The lowest BCUT2D eigenvalue weighted by Crippen LogP contribution is -1.75. The van der Waals surface area contributed by atoms with E-state index in [2.05, 4.69) is 9.97 Å². The number of hydrogen-bond acceptors (Lipinski definition) is 3. The Morgan fingerprint density at radius 3 is 2.62 bits per heavy atom. The van der Waals surface area contributed by atoms with Crippen molar-refractivity contribution in [2.24, 2.45) is 0 Å². The highest BCUT2D eigenvalue weighted by Gasteiger charge is 1.96. The Morgan fingerprint density at radius 2 is 2.08 bits per heavy atom. The highest BCUT2D eigenvalue weighted by Crippen LogP contribution is 2.19. The normalized spacial score (nSPS) is 8.77. The Morgan fingerprint density at radius 1 is 1.23 bits per heavy atom. The Bertz CT molecular complexity index is 316. The minimum atomic E-state index is 1.03. The van der Waals surface area contributed by atoms with Crippen LogP contribution in [0.25, 0.3) is 10.6 Å². The van der Waals surface area contributed by atoms with E-state index in [-0.39, 0.29) is 0 Å². The van der Waals surface area contributed by atoms with Crippen LogP contribution in [-0.4, -0.2) is 9.97 Å². The van der Waals surface area contributed by atoms with E-state index in [4.69, 9.17) is 0 Å². The number of pyridine rings is 1. The van der Waals surface area contributed by atoms with Crippen molar-refractivity contribution in [3.63, 3.8) is 0 Å². The molecule has 0 N–H and O–H groups in total. The summed E-state index contributed by atoms with van der Waals surface area (Å²) in [5, 5.41) is 2.99. The van der Waals surface area contributed by atoms with E-state index in [1.165, 1.54) is 0 Å². The molecule has 2 aromatic heterocycles. The second-order valence-corrected chi connectivity index (χ2v) is 2.97. The van der Waals surface area contributed by atoms with E-state index in [1.54, 1.807) is 23.7 Å². The zero-order valence-corrected chi connectivity index (χ0v) is 8.58. The minimum Gasteiger partial charge on any atom is -0.264 e. The van der Waals surface area contributed by atoms with Gasteiger partial charge in [0.05, 0.1) is 0 Å². The molecule has 68 valence electrons. The average molecular weight is 192 g/mol. The van der Waals surface area contributed by atoms with Crippen molar-refractivity contribution >= 4 is 11.3 Å². The van der Waals surface area contributed by atoms with Gasteiger partial charge in [-0.25, -0.2) is 4.98 Å². The first-order valence-electron chi connectivity index (χ1n) is 4.27. The Balaban J connectivity index is 0.000000396. The molecular formula is C10H12N2S. The van der Waals surface area contributed by atoms with E-state index in [0.29, 0.717) is 0 Å². The van der Waals surface area contributed by atoms with Crippen molar-refractivity contribution in [2.75, 3.05) is 0 Å². The Labute approximate surface area is 82.3 Å². The summed E-state index contributed by atoms with van der Waals surface area (Å²) in [6.45, 7) is 4.00. The van der Waals surface area contributed by atoms with E-state index in [9.17, 15) is 0 Å². The molecule has 0 amide bonds. The van der Waals surface area contributed by atoms with Crippen LogP contribution >= 0.6 is 11.3 Å². The van der Waals surface area contributed by atoms with Gasteiger partial charge in [-0.1, -0.05) is 13.8 Å². The number of nitrogens with zero attached hydrogens (tertiary/aromatic N) is 2. The highest BCUT2D eigenvalue weighted by atomic mass is 32.1. The predicted molar refractivity (Wildman–Crippen MR) is 56.7 cm³/mol. The highest BCUT2D eigenvalue weighted by molar-refractivity contribution is 7.13.